The number of nitrogens with zero attached hydrogens (tertiary/aromatic N) is 1. The van der Waals surface area contributed by atoms with Crippen molar-refractivity contribution in [2.45, 2.75) is 5.37 Å². The van der Waals surface area contributed by atoms with Crippen molar-refractivity contribution in [1.82, 2.24) is 10.2 Å². The molecule has 114 valence electrons. The molecule has 21 heavy (non-hydrogen) atoms. The predicted octanol–water partition coefficient (Wildman–Crippen LogP) is 1.02. The molecule has 1 aliphatic rings. The number of nitrogens with one attached hydrogen (secondary N) is 1. The topological polar surface area (TPSA) is 67.9 Å². The molecule has 0 spiro atoms. The number of carbonyl (C=O) groups is 2. The lowest BCUT2D eigenvalue weighted by Gasteiger charge is -2.25. The lowest BCUT2D eigenvalue weighted by Crippen LogP contribution is -2.38. The number of hydrogen-bond donors (Lipinski definition) is 1. The molecule has 1 aromatic rings. The molecule has 0 aromatic heterocycles. The fraction of sp³-hybridized carbons (Fsp3) is 0.429. The van der Waals surface area contributed by atoms with Gasteiger partial charge in [-0.05, 0) is 12.1 Å². The van der Waals surface area contributed by atoms with Gasteiger partial charge >= 0.3 is 0 Å². The molecule has 6 nitrogen and oxygen atoms in total. The maximum atomic E-state index is 12.0. The minimum absolute atomic E-state index is 0.0438. The van der Waals surface area contributed by atoms with Gasteiger partial charge in [0.15, 0.2) is 0 Å². The van der Waals surface area contributed by atoms with Gasteiger partial charge in [-0.15, -0.1) is 11.8 Å². The van der Waals surface area contributed by atoms with Gasteiger partial charge in [0.25, 0.3) is 0 Å². The van der Waals surface area contributed by atoms with Crippen LogP contribution in [-0.2, 0) is 9.59 Å². The first-order valence-corrected chi connectivity index (χ1v) is 7.49. The summed E-state index contributed by atoms with van der Waals surface area (Å²) in [6.07, 6.45) is 0. The first kappa shape index (κ1) is 15.5. The van der Waals surface area contributed by atoms with E-state index in [2.05, 4.69) is 5.32 Å². The van der Waals surface area contributed by atoms with E-state index in [4.69, 9.17) is 9.47 Å². The zero-order valence-corrected chi connectivity index (χ0v) is 13.0. The second-order valence-electron chi connectivity index (χ2n) is 4.47. The summed E-state index contributed by atoms with van der Waals surface area (Å²) in [5.74, 6) is 1.44. The number of carbonyl (C=O) groups excluding carboxylic acids is 2. The maximum Gasteiger partial charge on any atom is 0.239 e. The van der Waals surface area contributed by atoms with Gasteiger partial charge in [0.05, 0.1) is 20.0 Å². The number of methoxy groups -OCH3 is 2. The Morgan fingerprint density at radius 1 is 1.43 bits per heavy atom. The molecular formula is C14H18N2O4S. The van der Waals surface area contributed by atoms with Crippen molar-refractivity contribution in [3.8, 4) is 11.5 Å². The minimum Gasteiger partial charge on any atom is -0.497 e. The molecule has 1 fully saturated rings. The summed E-state index contributed by atoms with van der Waals surface area (Å²) >= 11 is 1.48. The molecule has 1 unspecified atom stereocenters. The fourth-order valence-electron chi connectivity index (χ4n) is 2.14. The Morgan fingerprint density at radius 3 is 2.81 bits per heavy atom. The third-order valence-corrected chi connectivity index (χ3v) is 4.51. The number of rotatable bonds is 5. The number of amides is 2. The molecule has 1 aromatic carbocycles. The minimum atomic E-state index is -0.226. The van der Waals surface area contributed by atoms with Crippen LogP contribution in [0.2, 0.25) is 0 Å². The van der Waals surface area contributed by atoms with Gasteiger partial charge in [0.2, 0.25) is 11.8 Å². The average molecular weight is 310 g/mol. The summed E-state index contributed by atoms with van der Waals surface area (Å²) in [7, 11) is 4.71. The van der Waals surface area contributed by atoms with E-state index in [1.807, 2.05) is 12.1 Å². The van der Waals surface area contributed by atoms with E-state index in [1.165, 1.54) is 11.8 Å². The summed E-state index contributed by atoms with van der Waals surface area (Å²) in [6, 6.07) is 5.46. The van der Waals surface area contributed by atoms with E-state index in [1.54, 1.807) is 32.2 Å². The molecule has 1 N–H and O–H groups in total. The Bertz CT molecular complexity index is 550. The molecule has 1 saturated heterocycles. The quantitative estimate of drug-likeness (QED) is 0.879. The second kappa shape index (κ2) is 6.71. The van der Waals surface area contributed by atoms with Gasteiger partial charge in [-0.3, -0.25) is 9.59 Å². The summed E-state index contributed by atoms with van der Waals surface area (Å²) in [4.78, 5) is 25.1. The first-order valence-electron chi connectivity index (χ1n) is 6.44. The number of hydrogen-bond acceptors (Lipinski definition) is 5. The van der Waals surface area contributed by atoms with Crippen LogP contribution in [0.3, 0.4) is 0 Å². The van der Waals surface area contributed by atoms with Crippen LogP contribution in [0.5, 0.6) is 11.5 Å². The molecule has 1 aliphatic heterocycles. The summed E-state index contributed by atoms with van der Waals surface area (Å²) in [5, 5.41) is 2.31. The van der Waals surface area contributed by atoms with Gasteiger partial charge in [-0.25, -0.2) is 0 Å². The smallest absolute Gasteiger partial charge is 0.239 e. The molecule has 1 heterocycles. The molecule has 7 heteroatoms. The van der Waals surface area contributed by atoms with Crippen LogP contribution in [0.25, 0.3) is 0 Å². The lowest BCUT2D eigenvalue weighted by molar-refractivity contribution is -0.133. The van der Waals surface area contributed by atoms with Crippen LogP contribution in [0, 0.1) is 0 Å². The molecular weight excluding hydrogens is 292 g/mol. The highest BCUT2D eigenvalue weighted by atomic mass is 32.2. The Balaban J connectivity index is 2.31. The van der Waals surface area contributed by atoms with Crippen LogP contribution < -0.4 is 14.8 Å². The summed E-state index contributed by atoms with van der Waals surface area (Å²) in [5.41, 5.74) is 0.859. The van der Waals surface area contributed by atoms with Gasteiger partial charge in [-0.1, -0.05) is 0 Å². The van der Waals surface area contributed by atoms with E-state index < -0.39 is 0 Å². The third-order valence-electron chi connectivity index (χ3n) is 3.27. The maximum absolute atomic E-state index is 12.0. The average Bonchev–Trinajstić information content (AvgIpc) is 2.87. The zero-order valence-electron chi connectivity index (χ0n) is 12.2. The Kier molecular flexibility index (Phi) is 4.95. The molecule has 0 aliphatic carbocycles. The molecule has 2 rings (SSSR count). The van der Waals surface area contributed by atoms with Crippen LogP contribution in [0.1, 0.15) is 10.9 Å². The lowest BCUT2D eigenvalue weighted by atomic mass is 10.1. The molecule has 0 saturated carbocycles. The van der Waals surface area contributed by atoms with Crippen LogP contribution in [0.4, 0.5) is 0 Å². The third kappa shape index (κ3) is 3.24. The SMILES string of the molecule is CNC(=O)CN1C(=O)CSC1c1ccc(OC)cc1OC. The van der Waals surface area contributed by atoms with E-state index in [0.29, 0.717) is 17.3 Å². The first-order chi connectivity index (χ1) is 10.1. The number of thioether (sulfide) groups is 1. The highest BCUT2D eigenvalue weighted by molar-refractivity contribution is 8.00. The Hall–Kier alpha value is -1.89. The molecule has 1 atom stereocenters. The van der Waals surface area contributed by atoms with Crippen molar-refractivity contribution >= 4 is 23.6 Å². The van der Waals surface area contributed by atoms with Crippen molar-refractivity contribution in [1.29, 1.82) is 0 Å². The highest BCUT2D eigenvalue weighted by Crippen LogP contribution is 2.43. The molecule has 2 amide bonds. The predicted molar refractivity (Wildman–Crippen MR) is 80.5 cm³/mol. The second-order valence-corrected chi connectivity index (χ2v) is 5.53. The Morgan fingerprint density at radius 2 is 2.19 bits per heavy atom. The van der Waals surface area contributed by atoms with Crippen LogP contribution in [0.15, 0.2) is 18.2 Å². The normalized spacial score (nSPS) is 17.8. The standard InChI is InChI=1S/C14H18N2O4S/c1-15-12(17)7-16-13(18)8-21-14(16)10-5-4-9(19-2)6-11(10)20-3/h4-6,14H,7-8H2,1-3H3,(H,15,17). The van der Waals surface area contributed by atoms with Gasteiger partial charge in [0.1, 0.15) is 23.4 Å². The summed E-state index contributed by atoms with van der Waals surface area (Å²) in [6.45, 7) is 0.0438. The van der Waals surface area contributed by atoms with Crippen molar-refractivity contribution in [2.75, 3.05) is 33.6 Å². The Labute approximate surface area is 127 Å². The van der Waals surface area contributed by atoms with Gasteiger partial charge < -0.3 is 19.7 Å². The van der Waals surface area contributed by atoms with E-state index in [0.717, 1.165) is 5.56 Å². The van der Waals surface area contributed by atoms with Gasteiger partial charge in [-0.2, -0.15) is 0 Å². The van der Waals surface area contributed by atoms with E-state index in [-0.39, 0.29) is 23.7 Å². The van der Waals surface area contributed by atoms with Gasteiger partial charge in [0, 0.05) is 18.7 Å². The fourth-order valence-corrected chi connectivity index (χ4v) is 3.35. The van der Waals surface area contributed by atoms with Crippen LogP contribution in [-0.4, -0.2) is 50.3 Å². The van der Waals surface area contributed by atoms with Crippen molar-refractivity contribution in [2.24, 2.45) is 0 Å². The molecule has 0 radical (unpaired) electrons. The van der Waals surface area contributed by atoms with Crippen LogP contribution >= 0.6 is 11.8 Å². The zero-order chi connectivity index (χ0) is 15.4. The number of ether oxygens (including phenoxy) is 2. The monoisotopic (exact) mass is 310 g/mol. The van der Waals surface area contributed by atoms with E-state index in [9.17, 15) is 9.59 Å². The summed E-state index contributed by atoms with van der Waals surface area (Å²) < 4.78 is 10.6. The number of likely N-dealkylation sites (N-methyl/N-ethyl adjacent to an activating group) is 1. The van der Waals surface area contributed by atoms with Crippen molar-refractivity contribution in [3.63, 3.8) is 0 Å². The molecule has 0 bridgehead atoms. The van der Waals surface area contributed by atoms with Crippen molar-refractivity contribution < 1.29 is 19.1 Å². The van der Waals surface area contributed by atoms with Crippen molar-refractivity contribution in [3.05, 3.63) is 23.8 Å². The largest absolute Gasteiger partial charge is 0.497 e. The highest BCUT2D eigenvalue weighted by Gasteiger charge is 2.35. The van der Waals surface area contributed by atoms with E-state index >= 15 is 0 Å². The number of benzene rings is 1.